The molecule has 1 aromatic heterocycles. The Hall–Kier alpha value is -1.13. The van der Waals surface area contributed by atoms with Crippen LogP contribution in [0.1, 0.15) is 43.9 Å². The molecule has 21 heavy (non-hydrogen) atoms. The van der Waals surface area contributed by atoms with Gasteiger partial charge in [0.15, 0.2) is 0 Å². The van der Waals surface area contributed by atoms with E-state index in [2.05, 4.69) is 58.1 Å². The minimum absolute atomic E-state index is 0.214. The molecule has 1 N–H and O–H groups in total. The van der Waals surface area contributed by atoms with E-state index in [9.17, 15) is 4.39 Å². The summed E-state index contributed by atoms with van der Waals surface area (Å²) in [6.45, 7) is 6.05. The number of hydrogen-bond acceptors (Lipinski definition) is 1. The third-order valence-electron chi connectivity index (χ3n) is 3.57. The number of aromatic nitrogens is 1. The minimum atomic E-state index is -0.214. The van der Waals surface area contributed by atoms with Crippen LogP contribution in [0.2, 0.25) is 0 Å². The van der Waals surface area contributed by atoms with Gasteiger partial charge in [-0.05, 0) is 42.3 Å². The first-order chi connectivity index (χ1) is 10.1. The van der Waals surface area contributed by atoms with E-state index in [0.717, 1.165) is 36.0 Å². The summed E-state index contributed by atoms with van der Waals surface area (Å²) in [6, 6.07) is 7.42. The fourth-order valence-corrected chi connectivity index (χ4v) is 3.01. The van der Waals surface area contributed by atoms with Crippen LogP contribution in [-0.4, -0.2) is 11.1 Å². The molecule has 1 unspecified atom stereocenters. The lowest BCUT2D eigenvalue weighted by atomic mass is 10.1. The Kier molecular flexibility index (Phi) is 6.00. The van der Waals surface area contributed by atoms with Gasteiger partial charge in [0.1, 0.15) is 5.82 Å². The zero-order valence-electron chi connectivity index (χ0n) is 12.6. The van der Waals surface area contributed by atoms with Crippen molar-refractivity contribution in [2.45, 2.75) is 39.3 Å². The molecular weight excluding hydrogens is 331 g/mol. The van der Waals surface area contributed by atoms with Gasteiger partial charge in [-0.2, -0.15) is 0 Å². The van der Waals surface area contributed by atoms with Crippen LogP contribution in [0, 0.1) is 5.82 Å². The van der Waals surface area contributed by atoms with Crippen LogP contribution < -0.4 is 5.32 Å². The van der Waals surface area contributed by atoms with Gasteiger partial charge in [0.05, 0.1) is 0 Å². The Labute approximate surface area is 134 Å². The highest BCUT2D eigenvalue weighted by molar-refractivity contribution is 9.10. The average Bonchev–Trinajstić information content (AvgIpc) is 2.90. The summed E-state index contributed by atoms with van der Waals surface area (Å²) in [7, 11) is 0. The summed E-state index contributed by atoms with van der Waals surface area (Å²) in [5.74, 6) is -0.214. The predicted molar refractivity (Wildman–Crippen MR) is 89.0 cm³/mol. The topological polar surface area (TPSA) is 17.0 Å². The van der Waals surface area contributed by atoms with Crippen LogP contribution >= 0.6 is 15.9 Å². The molecule has 0 saturated carbocycles. The van der Waals surface area contributed by atoms with E-state index >= 15 is 0 Å². The predicted octanol–water partition coefficient (Wildman–Crippen LogP) is 4.89. The van der Waals surface area contributed by atoms with Crippen molar-refractivity contribution in [3.05, 3.63) is 58.1 Å². The average molecular weight is 353 g/mol. The quantitative estimate of drug-likeness (QED) is 0.750. The molecule has 1 atom stereocenters. The highest BCUT2D eigenvalue weighted by atomic mass is 79.9. The lowest BCUT2D eigenvalue weighted by Gasteiger charge is -2.15. The summed E-state index contributed by atoms with van der Waals surface area (Å²) in [5.41, 5.74) is 2.39. The zero-order valence-corrected chi connectivity index (χ0v) is 14.2. The van der Waals surface area contributed by atoms with Crippen LogP contribution in [0.3, 0.4) is 0 Å². The SMILES string of the molecule is CCCC(NCC)c1ccn(Cc2ccc(F)cc2Br)c1. The first-order valence-electron chi connectivity index (χ1n) is 7.47. The van der Waals surface area contributed by atoms with E-state index < -0.39 is 0 Å². The van der Waals surface area contributed by atoms with Crippen molar-refractivity contribution in [1.82, 2.24) is 9.88 Å². The lowest BCUT2D eigenvalue weighted by Crippen LogP contribution is -2.20. The monoisotopic (exact) mass is 352 g/mol. The standard InChI is InChI=1S/C17H22BrFN2/c1-3-5-17(20-4-2)14-8-9-21(12-14)11-13-6-7-15(19)10-16(13)18/h6-10,12,17,20H,3-5,11H2,1-2H3. The third kappa shape index (κ3) is 4.42. The second-order valence-electron chi connectivity index (χ2n) is 5.25. The molecule has 2 aromatic rings. The summed E-state index contributed by atoms with van der Waals surface area (Å²) < 4.78 is 16.1. The maximum Gasteiger partial charge on any atom is 0.124 e. The molecule has 0 fully saturated rings. The summed E-state index contributed by atoms with van der Waals surface area (Å²) in [4.78, 5) is 0. The largest absolute Gasteiger partial charge is 0.350 e. The second-order valence-corrected chi connectivity index (χ2v) is 6.11. The van der Waals surface area contributed by atoms with Crippen molar-refractivity contribution in [3.8, 4) is 0 Å². The summed E-state index contributed by atoms with van der Waals surface area (Å²) >= 11 is 3.42. The maximum atomic E-state index is 13.1. The Morgan fingerprint density at radius 1 is 1.29 bits per heavy atom. The van der Waals surface area contributed by atoms with Crippen molar-refractivity contribution in [1.29, 1.82) is 0 Å². The fraction of sp³-hybridized carbons (Fsp3) is 0.412. The molecule has 0 radical (unpaired) electrons. The van der Waals surface area contributed by atoms with Crippen LogP contribution in [0.5, 0.6) is 0 Å². The third-order valence-corrected chi connectivity index (χ3v) is 4.31. The first kappa shape index (κ1) is 16.2. The summed E-state index contributed by atoms with van der Waals surface area (Å²) in [5, 5.41) is 3.52. The molecule has 1 heterocycles. The van der Waals surface area contributed by atoms with Gasteiger partial charge < -0.3 is 9.88 Å². The van der Waals surface area contributed by atoms with Gasteiger partial charge in [-0.25, -0.2) is 4.39 Å². The van der Waals surface area contributed by atoms with Gasteiger partial charge in [0.25, 0.3) is 0 Å². The number of benzene rings is 1. The fourth-order valence-electron chi connectivity index (χ4n) is 2.53. The van der Waals surface area contributed by atoms with Crippen molar-refractivity contribution < 1.29 is 4.39 Å². The van der Waals surface area contributed by atoms with Crippen LogP contribution in [-0.2, 0) is 6.54 Å². The Morgan fingerprint density at radius 2 is 2.10 bits per heavy atom. The normalized spacial score (nSPS) is 12.6. The number of nitrogens with zero attached hydrogens (tertiary/aromatic N) is 1. The van der Waals surface area contributed by atoms with Crippen molar-refractivity contribution in [2.24, 2.45) is 0 Å². The molecule has 0 aliphatic rings. The molecule has 0 spiro atoms. The number of halogens is 2. The van der Waals surface area contributed by atoms with Gasteiger partial charge in [-0.15, -0.1) is 0 Å². The zero-order chi connectivity index (χ0) is 15.2. The molecule has 0 bridgehead atoms. The molecule has 4 heteroatoms. The molecule has 0 aliphatic heterocycles. The van der Waals surface area contributed by atoms with E-state index in [1.165, 1.54) is 17.7 Å². The molecule has 0 aliphatic carbocycles. The maximum absolute atomic E-state index is 13.1. The van der Waals surface area contributed by atoms with Gasteiger partial charge in [-0.3, -0.25) is 0 Å². The molecule has 0 saturated heterocycles. The number of rotatable bonds is 7. The van der Waals surface area contributed by atoms with E-state index in [1.807, 2.05) is 6.07 Å². The van der Waals surface area contributed by atoms with E-state index in [0.29, 0.717) is 6.04 Å². The molecule has 2 nitrogen and oxygen atoms in total. The highest BCUT2D eigenvalue weighted by Crippen LogP contribution is 2.22. The summed E-state index contributed by atoms with van der Waals surface area (Å²) in [6.07, 6.45) is 6.56. The number of nitrogens with one attached hydrogen (secondary N) is 1. The van der Waals surface area contributed by atoms with Crippen molar-refractivity contribution >= 4 is 15.9 Å². The Balaban J connectivity index is 2.11. The molecule has 2 rings (SSSR count). The highest BCUT2D eigenvalue weighted by Gasteiger charge is 2.11. The molecule has 0 amide bonds. The lowest BCUT2D eigenvalue weighted by molar-refractivity contribution is 0.508. The van der Waals surface area contributed by atoms with Gasteiger partial charge in [0.2, 0.25) is 0 Å². The van der Waals surface area contributed by atoms with Gasteiger partial charge in [-0.1, -0.05) is 42.3 Å². The van der Waals surface area contributed by atoms with Crippen LogP contribution in [0.15, 0.2) is 41.1 Å². The second kappa shape index (κ2) is 7.76. The first-order valence-corrected chi connectivity index (χ1v) is 8.26. The minimum Gasteiger partial charge on any atom is -0.350 e. The van der Waals surface area contributed by atoms with E-state index in [-0.39, 0.29) is 5.82 Å². The Morgan fingerprint density at radius 3 is 2.76 bits per heavy atom. The van der Waals surface area contributed by atoms with Crippen molar-refractivity contribution in [3.63, 3.8) is 0 Å². The van der Waals surface area contributed by atoms with E-state index in [4.69, 9.17) is 0 Å². The molecular formula is C17H22BrFN2. The molecule has 114 valence electrons. The molecule has 1 aromatic carbocycles. The van der Waals surface area contributed by atoms with Crippen LogP contribution in [0.25, 0.3) is 0 Å². The van der Waals surface area contributed by atoms with Gasteiger partial charge >= 0.3 is 0 Å². The van der Waals surface area contributed by atoms with Crippen molar-refractivity contribution in [2.75, 3.05) is 6.54 Å². The number of hydrogen-bond donors (Lipinski definition) is 1. The van der Waals surface area contributed by atoms with Gasteiger partial charge in [0, 0.05) is 29.5 Å². The Bertz CT molecular complexity index is 574. The smallest absolute Gasteiger partial charge is 0.124 e. The van der Waals surface area contributed by atoms with Crippen LogP contribution in [0.4, 0.5) is 4.39 Å². The van der Waals surface area contributed by atoms with E-state index in [1.54, 1.807) is 0 Å².